The minimum atomic E-state index is -1.07. The van der Waals surface area contributed by atoms with E-state index in [0.717, 1.165) is 0 Å². The zero-order valence-electron chi connectivity index (χ0n) is 14.4. The Morgan fingerprint density at radius 2 is 2.20 bits per heavy atom. The van der Waals surface area contributed by atoms with E-state index >= 15 is 0 Å². The molecule has 25 heavy (non-hydrogen) atoms. The van der Waals surface area contributed by atoms with Crippen LogP contribution in [0.5, 0.6) is 0 Å². The van der Waals surface area contributed by atoms with Gasteiger partial charge >= 0.3 is 5.97 Å². The summed E-state index contributed by atoms with van der Waals surface area (Å²) >= 11 is 0. The van der Waals surface area contributed by atoms with Crippen molar-refractivity contribution in [2.24, 2.45) is 5.41 Å². The standard InChI is InChI=1S/C18H22FN3O3/c1-12(2)15-20-17(21-25-15)22-9-5-8-18(11-22,16(23)24)10-13-6-3-4-7-14(13)19/h3-4,6-7,12H,5,8-11H2,1-2H3,(H,23,24). The monoisotopic (exact) mass is 347 g/mol. The number of aromatic nitrogens is 2. The number of carbonyl (C=O) groups is 1. The van der Waals surface area contributed by atoms with E-state index in [9.17, 15) is 14.3 Å². The fourth-order valence-electron chi connectivity index (χ4n) is 3.29. The lowest BCUT2D eigenvalue weighted by atomic mass is 9.75. The van der Waals surface area contributed by atoms with Crippen molar-refractivity contribution in [3.05, 3.63) is 41.5 Å². The van der Waals surface area contributed by atoms with Gasteiger partial charge in [0.15, 0.2) is 0 Å². The molecule has 0 saturated carbocycles. The first-order valence-corrected chi connectivity index (χ1v) is 8.47. The summed E-state index contributed by atoms with van der Waals surface area (Å²) in [5.74, 6) is -0.262. The van der Waals surface area contributed by atoms with Crippen LogP contribution >= 0.6 is 0 Å². The lowest BCUT2D eigenvalue weighted by Gasteiger charge is -2.39. The largest absolute Gasteiger partial charge is 0.481 e. The highest BCUT2D eigenvalue weighted by Crippen LogP contribution is 2.36. The number of halogens is 1. The number of carboxylic acid groups (broad SMARTS) is 1. The van der Waals surface area contributed by atoms with E-state index in [0.29, 0.717) is 36.8 Å². The normalized spacial score (nSPS) is 20.9. The third-order valence-corrected chi connectivity index (χ3v) is 4.72. The second kappa shape index (κ2) is 6.82. The number of hydrogen-bond acceptors (Lipinski definition) is 5. The average Bonchev–Trinajstić information content (AvgIpc) is 3.07. The van der Waals surface area contributed by atoms with Crippen LogP contribution in [0.25, 0.3) is 0 Å². The van der Waals surface area contributed by atoms with E-state index < -0.39 is 11.4 Å². The van der Waals surface area contributed by atoms with Gasteiger partial charge in [0.1, 0.15) is 5.82 Å². The molecule has 1 fully saturated rings. The summed E-state index contributed by atoms with van der Waals surface area (Å²) in [7, 11) is 0. The van der Waals surface area contributed by atoms with E-state index in [1.54, 1.807) is 18.2 Å². The number of rotatable bonds is 5. The number of nitrogens with zero attached hydrogens (tertiary/aromatic N) is 3. The lowest BCUT2D eigenvalue weighted by molar-refractivity contribution is -0.149. The molecule has 1 unspecified atom stereocenters. The molecular weight excluding hydrogens is 325 g/mol. The van der Waals surface area contributed by atoms with Crippen LogP contribution in [0.4, 0.5) is 10.3 Å². The molecule has 1 saturated heterocycles. The zero-order valence-corrected chi connectivity index (χ0v) is 14.4. The summed E-state index contributed by atoms with van der Waals surface area (Å²) in [6.07, 6.45) is 1.30. The molecule has 1 atom stereocenters. The lowest BCUT2D eigenvalue weighted by Crippen LogP contribution is -2.49. The average molecular weight is 347 g/mol. The maximum absolute atomic E-state index is 14.0. The summed E-state index contributed by atoms with van der Waals surface area (Å²) in [4.78, 5) is 18.3. The molecule has 0 radical (unpaired) electrons. The van der Waals surface area contributed by atoms with Gasteiger partial charge in [-0.25, -0.2) is 4.39 Å². The van der Waals surface area contributed by atoms with Crippen molar-refractivity contribution >= 4 is 11.9 Å². The van der Waals surface area contributed by atoms with Crippen LogP contribution in [0.15, 0.2) is 28.8 Å². The van der Waals surface area contributed by atoms with Gasteiger partial charge in [0, 0.05) is 19.0 Å². The molecule has 2 heterocycles. The predicted octanol–water partition coefficient (Wildman–Crippen LogP) is 3.25. The summed E-state index contributed by atoms with van der Waals surface area (Å²) in [6.45, 7) is 4.79. The highest BCUT2D eigenvalue weighted by Gasteiger charge is 2.44. The fraction of sp³-hybridized carbons (Fsp3) is 0.500. The summed E-state index contributed by atoms with van der Waals surface area (Å²) in [5.41, 5.74) is -0.651. The maximum Gasteiger partial charge on any atom is 0.311 e. The quantitative estimate of drug-likeness (QED) is 0.894. The Morgan fingerprint density at radius 3 is 2.84 bits per heavy atom. The second-order valence-electron chi connectivity index (χ2n) is 6.97. The number of benzene rings is 1. The minimum Gasteiger partial charge on any atom is -0.481 e. The van der Waals surface area contributed by atoms with Gasteiger partial charge in [-0.05, 0) is 36.0 Å². The highest BCUT2D eigenvalue weighted by molar-refractivity contribution is 5.76. The zero-order chi connectivity index (χ0) is 18.0. The van der Waals surface area contributed by atoms with Crippen LogP contribution in [0, 0.1) is 11.2 Å². The first-order valence-electron chi connectivity index (χ1n) is 8.47. The Bertz CT molecular complexity index is 762. The van der Waals surface area contributed by atoms with Crippen molar-refractivity contribution in [3.63, 3.8) is 0 Å². The van der Waals surface area contributed by atoms with Crippen LogP contribution < -0.4 is 4.90 Å². The van der Waals surface area contributed by atoms with E-state index in [2.05, 4.69) is 10.1 Å². The molecule has 1 aromatic carbocycles. The SMILES string of the molecule is CC(C)c1nc(N2CCCC(Cc3ccccc3F)(C(=O)O)C2)no1. The van der Waals surface area contributed by atoms with Crippen molar-refractivity contribution < 1.29 is 18.8 Å². The molecule has 1 aromatic heterocycles. The number of carboxylic acids is 1. The molecular formula is C18H22FN3O3. The number of aliphatic carboxylic acids is 1. The Kier molecular flexibility index (Phi) is 4.74. The molecule has 1 aliphatic rings. The van der Waals surface area contributed by atoms with Crippen LogP contribution in [-0.4, -0.2) is 34.3 Å². The van der Waals surface area contributed by atoms with Crippen LogP contribution in [0.3, 0.4) is 0 Å². The number of piperidine rings is 1. The molecule has 134 valence electrons. The van der Waals surface area contributed by atoms with Gasteiger partial charge in [0.05, 0.1) is 5.41 Å². The van der Waals surface area contributed by atoms with Crippen molar-refractivity contribution in [3.8, 4) is 0 Å². The first-order chi connectivity index (χ1) is 11.9. The molecule has 0 spiro atoms. The van der Waals surface area contributed by atoms with Crippen LogP contribution in [0.1, 0.15) is 44.1 Å². The van der Waals surface area contributed by atoms with E-state index in [1.807, 2.05) is 18.7 Å². The second-order valence-corrected chi connectivity index (χ2v) is 6.97. The predicted molar refractivity (Wildman–Crippen MR) is 90.0 cm³/mol. The molecule has 7 heteroatoms. The van der Waals surface area contributed by atoms with Gasteiger partial charge < -0.3 is 14.5 Å². The molecule has 6 nitrogen and oxygen atoms in total. The first kappa shape index (κ1) is 17.4. The van der Waals surface area contributed by atoms with Gasteiger partial charge in [0.25, 0.3) is 5.95 Å². The topological polar surface area (TPSA) is 79.5 Å². The summed E-state index contributed by atoms with van der Waals surface area (Å²) in [6, 6.07) is 6.33. The molecule has 1 N–H and O–H groups in total. The van der Waals surface area contributed by atoms with Crippen LogP contribution in [0.2, 0.25) is 0 Å². The molecule has 0 amide bonds. The van der Waals surface area contributed by atoms with E-state index in [1.165, 1.54) is 6.07 Å². The summed E-state index contributed by atoms with van der Waals surface area (Å²) in [5, 5.41) is 13.9. The number of hydrogen-bond donors (Lipinski definition) is 1. The Morgan fingerprint density at radius 1 is 1.44 bits per heavy atom. The van der Waals surface area contributed by atoms with Crippen molar-refractivity contribution in [2.45, 2.75) is 39.0 Å². The molecule has 0 aliphatic carbocycles. The fourth-order valence-corrected chi connectivity index (χ4v) is 3.29. The van der Waals surface area contributed by atoms with Crippen molar-refractivity contribution in [1.82, 2.24) is 10.1 Å². The maximum atomic E-state index is 14.0. The molecule has 0 bridgehead atoms. The van der Waals surface area contributed by atoms with E-state index in [-0.39, 0.29) is 24.7 Å². The molecule has 2 aromatic rings. The highest BCUT2D eigenvalue weighted by atomic mass is 19.1. The van der Waals surface area contributed by atoms with Crippen molar-refractivity contribution in [1.29, 1.82) is 0 Å². The third kappa shape index (κ3) is 3.50. The van der Waals surface area contributed by atoms with Crippen molar-refractivity contribution in [2.75, 3.05) is 18.0 Å². The van der Waals surface area contributed by atoms with Gasteiger partial charge in [-0.1, -0.05) is 32.0 Å². The van der Waals surface area contributed by atoms with Gasteiger partial charge in [0.2, 0.25) is 5.89 Å². The number of anilines is 1. The molecule has 3 rings (SSSR count). The minimum absolute atomic E-state index is 0.105. The van der Waals surface area contributed by atoms with Crippen LogP contribution in [-0.2, 0) is 11.2 Å². The third-order valence-electron chi connectivity index (χ3n) is 4.72. The summed E-state index contributed by atoms with van der Waals surface area (Å²) < 4.78 is 19.3. The van der Waals surface area contributed by atoms with E-state index in [4.69, 9.17) is 4.52 Å². The molecule has 1 aliphatic heterocycles. The van der Waals surface area contributed by atoms with Gasteiger partial charge in [-0.2, -0.15) is 4.98 Å². The Labute approximate surface area is 145 Å². The smallest absolute Gasteiger partial charge is 0.311 e. The van der Waals surface area contributed by atoms with Gasteiger partial charge in [-0.3, -0.25) is 4.79 Å². The Balaban J connectivity index is 1.86. The Hall–Kier alpha value is -2.44. The van der Waals surface area contributed by atoms with Gasteiger partial charge in [-0.15, -0.1) is 0 Å².